The van der Waals surface area contributed by atoms with Crippen LogP contribution in [0.25, 0.3) is 0 Å². The fourth-order valence-corrected chi connectivity index (χ4v) is 3.94. The molecular weight excluding hydrogens is 380 g/mol. The lowest BCUT2D eigenvalue weighted by Gasteiger charge is -2.39. The van der Waals surface area contributed by atoms with E-state index in [1.807, 2.05) is 12.2 Å². The van der Waals surface area contributed by atoms with Gasteiger partial charge in [-0.2, -0.15) is 0 Å². The number of hydrogen-bond donors (Lipinski definition) is 1. The Bertz CT molecular complexity index is 649. The van der Waals surface area contributed by atoms with Crippen LogP contribution in [-0.2, 0) is 4.43 Å². The van der Waals surface area contributed by atoms with E-state index in [0.717, 1.165) is 0 Å². The summed E-state index contributed by atoms with van der Waals surface area (Å²) in [7, 11) is -4.84. The average molecular weight is 421 g/mol. The first-order valence-corrected chi connectivity index (χ1v) is 19.6. The quantitative estimate of drug-likeness (QED) is 0.462. The highest BCUT2D eigenvalue weighted by Crippen LogP contribution is 2.37. The van der Waals surface area contributed by atoms with Crippen LogP contribution in [0.3, 0.4) is 0 Å². The van der Waals surface area contributed by atoms with Crippen molar-refractivity contribution < 1.29 is 9.53 Å². The maximum absolute atomic E-state index is 10.7. The SMILES string of the molecule is CC(C)(C)[Si](C)(C)O[C@@H](/C=C/C#C[Si](C)(C)C)[C@@H](O)/C=C/C#C[Si](C)(C)C. The third kappa shape index (κ3) is 12.3. The summed E-state index contributed by atoms with van der Waals surface area (Å²) in [5.74, 6) is 6.20. The summed E-state index contributed by atoms with van der Waals surface area (Å²) < 4.78 is 6.45. The Labute approximate surface area is 171 Å². The molecule has 0 aliphatic rings. The minimum atomic E-state index is -2.02. The standard InChI is InChI=1S/C22H40O2Si3/c1-22(2,3)27(10,11)24-21(17-13-15-19-26(7,8)9)20(23)16-12-14-18-25(4,5)6/h12-13,16-17,20-21,23H,1-11H3/b16-12+,17-13+/t20-,21-/m0/s1. The first kappa shape index (κ1) is 26.2. The van der Waals surface area contributed by atoms with Gasteiger partial charge in [0.15, 0.2) is 8.32 Å². The molecule has 0 amide bonds. The Balaban J connectivity index is 5.50. The largest absolute Gasteiger partial charge is 0.408 e. The topological polar surface area (TPSA) is 29.5 Å². The number of allylic oxidation sites excluding steroid dienone is 2. The zero-order valence-electron chi connectivity index (χ0n) is 19.3. The van der Waals surface area contributed by atoms with Gasteiger partial charge in [-0.05, 0) is 42.4 Å². The molecule has 2 atom stereocenters. The van der Waals surface area contributed by atoms with E-state index < -0.39 is 36.7 Å². The number of aliphatic hydroxyl groups is 1. The molecule has 0 fully saturated rings. The second-order valence-electron chi connectivity index (χ2n) is 10.6. The summed E-state index contributed by atoms with van der Waals surface area (Å²) in [6.07, 6.45) is 6.08. The van der Waals surface area contributed by atoms with Crippen molar-refractivity contribution in [3.63, 3.8) is 0 Å². The molecule has 5 heteroatoms. The highest BCUT2D eigenvalue weighted by molar-refractivity contribution is 6.84. The molecule has 0 spiro atoms. The summed E-state index contributed by atoms with van der Waals surface area (Å²) in [5, 5.41) is 10.8. The van der Waals surface area contributed by atoms with Crippen molar-refractivity contribution in [2.75, 3.05) is 0 Å². The Kier molecular flexibility index (Phi) is 9.78. The van der Waals surface area contributed by atoms with Gasteiger partial charge in [-0.25, -0.2) is 0 Å². The molecule has 0 aliphatic carbocycles. The van der Waals surface area contributed by atoms with Gasteiger partial charge in [0.1, 0.15) is 22.3 Å². The molecule has 2 nitrogen and oxygen atoms in total. The van der Waals surface area contributed by atoms with Crippen LogP contribution in [0, 0.1) is 22.9 Å². The van der Waals surface area contributed by atoms with E-state index in [0.29, 0.717) is 0 Å². The minimum Gasteiger partial charge on any atom is -0.408 e. The van der Waals surface area contributed by atoms with Crippen molar-refractivity contribution in [3.05, 3.63) is 24.3 Å². The lowest BCUT2D eigenvalue weighted by molar-refractivity contribution is 0.0875. The van der Waals surface area contributed by atoms with Gasteiger partial charge in [-0.15, -0.1) is 11.1 Å². The first-order valence-electron chi connectivity index (χ1n) is 9.69. The number of rotatable bonds is 5. The molecule has 0 rings (SSSR count). The van der Waals surface area contributed by atoms with Crippen molar-refractivity contribution in [2.24, 2.45) is 0 Å². The molecule has 0 unspecified atom stereocenters. The third-order valence-electron chi connectivity index (χ3n) is 4.21. The van der Waals surface area contributed by atoms with Crippen LogP contribution in [-0.4, -0.2) is 41.8 Å². The van der Waals surface area contributed by atoms with Crippen LogP contribution in [0.5, 0.6) is 0 Å². The zero-order chi connectivity index (χ0) is 21.5. The molecule has 0 aliphatic heterocycles. The summed E-state index contributed by atoms with van der Waals surface area (Å²) >= 11 is 0. The molecule has 1 N–H and O–H groups in total. The van der Waals surface area contributed by atoms with Crippen molar-refractivity contribution in [1.82, 2.24) is 0 Å². The molecule has 0 aromatic carbocycles. The van der Waals surface area contributed by atoms with Gasteiger partial charge in [-0.3, -0.25) is 0 Å². The second-order valence-corrected chi connectivity index (χ2v) is 24.8. The molecule has 0 aromatic rings. The van der Waals surface area contributed by atoms with E-state index in [1.54, 1.807) is 12.2 Å². The lowest BCUT2D eigenvalue weighted by Crippen LogP contribution is -2.46. The predicted molar refractivity (Wildman–Crippen MR) is 129 cm³/mol. The molecule has 0 bridgehead atoms. The fourth-order valence-electron chi connectivity index (χ4n) is 1.66. The molecule has 152 valence electrons. The Morgan fingerprint density at radius 3 is 1.56 bits per heavy atom. The van der Waals surface area contributed by atoms with Gasteiger partial charge in [0, 0.05) is 0 Å². The Morgan fingerprint density at radius 2 is 1.19 bits per heavy atom. The van der Waals surface area contributed by atoms with E-state index in [2.05, 4.69) is 96.1 Å². The lowest BCUT2D eigenvalue weighted by atomic mass is 10.2. The van der Waals surface area contributed by atoms with E-state index in [1.165, 1.54) is 0 Å². The van der Waals surface area contributed by atoms with Crippen LogP contribution in [0.2, 0.25) is 57.4 Å². The van der Waals surface area contributed by atoms with Gasteiger partial charge in [0.2, 0.25) is 0 Å². The van der Waals surface area contributed by atoms with Crippen molar-refractivity contribution in [1.29, 1.82) is 0 Å². The number of aliphatic hydroxyl groups excluding tert-OH is 1. The first-order chi connectivity index (χ1) is 11.9. The van der Waals surface area contributed by atoms with Crippen LogP contribution in [0.4, 0.5) is 0 Å². The van der Waals surface area contributed by atoms with Crippen LogP contribution >= 0.6 is 0 Å². The number of hydrogen-bond acceptors (Lipinski definition) is 2. The third-order valence-corrected chi connectivity index (χ3v) is 10.5. The predicted octanol–water partition coefficient (Wildman–Crippen LogP) is 5.61. The summed E-state index contributed by atoms with van der Waals surface area (Å²) in [6.45, 7) is 24.2. The minimum absolute atomic E-state index is 0.0736. The monoisotopic (exact) mass is 420 g/mol. The highest BCUT2D eigenvalue weighted by Gasteiger charge is 2.39. The van der Waals surface area contributed by atoms with Crippen molar-refractivity contribution >= 4 is 24.5 Å². The molecule has 0 saturated heterocycles. The normalized spacial score (nSPS) is 15.9. The molecule has 0 saturated carbocycles. The Morgan fingerprint density at radius 1 is 0.778 bits per heavy atom. The second kappa shape index (κ2) is 10.1. The summed E-state index contributed by atoms with van der Waals surface area (Å²) in [5.41, 5.74) is 6.60. The van der Waals surface area contributed by atoms with Gasteiger partial charge >= 0.3 is 0 Å². The molecule has 0 aromatic heterocycles. The molecule has 0 heterocycles. The zero-order valence-corrected chi connectivity index (χ0v) is 22.3. The van der Waals surface area contributed by atoms with E-state index in [4.69, 9.17) is 4.43 Å². The maximum atomic E-state index is 10.7. The average Bonchev–Trinajstić information content (AvgIpc) is 2.43. The molecule has 0 radical (unpaired) electrons. The van der Waals surface area contributed by atoms with Crippen LogP contribution in [0.1, 0.15) is 20.8 Å². The van der Waals surface area contributed by atoms with E-state index in [9.17, 15) is 5.11 Å². The summed E-state index contributed by atoms with van der Waals surface area (Å²) in [4.78, 5) is 0. The van der Waals surface area contributed by atoms with Crippen LogP contribution < -0.4 is 0 Å². The van der Waals surface area contributed by atoms with Gasteiger partial charge < -0.3 is 9.53 Å². The van der Waals surface area contributed by atoms with Crippen LogP contribution in [0.15, 0.2) is 24.3 Å². The van der Waals surface area contributed by atoms with E-state index in [-0.39, 0.29) is 5.04 Å². The van der Waals surface area contributed by atoms with Crippen molar-refractivity contribution in [2.45, 2.75) is 90.4 Å². The summed E-state index contributed by atoms with van der Waals surface area (Å²) in [6, 6.07) is 0. The fraction of sp³-hybridized carbons (Fsp3) is 0.636. The van der Waals surface area contributed by atoms with E-state index >= 15 is 0 Å². The van der Waals surface area contributed by atoms with Crippen molar-refractivity contribution in [3.8, 4) is 22.9 Å². The van der Waals surface area contributed by atoms with Gasteiger partial charge in [0.05, 0.1) is 6.10 Å². The van der Waals surface area contributed by atoms with Gasteiger partial charge in [-0.1, -0.05) is 71.9 Å². The molecule has 27 heavy (non-hydrogen) atoms. The van der Waals surface area contributed by atoms with Gasteiger partial charge in [0.25, 0.3) is 0 Å². The Hall–Kier alpha value is -0.829. The smallest absolute Gasteiger partial charge is 0.193 e. The molecular formula is C22H40O2Si3. The highest BCUT2D eigenvalue weighted by atomic mass is 28.4. The maximum Gasteiger partial charge on any atom is 0.193 e.